The largest absolute Gasteiger partial charge is 0.324 e. The summed E-state index contributed by atoms with van der Waals surface area (Å²) in [7, 11) is 0. The molecule has 1 amide bonds. The molecule has 72 valence electrons. The second kappa shape index (κ2) is 5.17. The molecular weight excluding hydrogens is 314 g/mol. The Kier molecular flexibility index (Phi) is 4.17. The number of hydrogen-bond donors (Lipinski definition) is 1. The molecule has 5 heteroatoms. The summed E-state index contributed by atoms with van der Waals surface area (Å²) in [6.07, 6.45) is -0.164. The monoisotopic (exact) mass is 320 g/mol. The summed E-state index contributed by atoms with van der Waals surface area (Å²) in [4.78, 5) is 11.1. The Labute approximate surface area is 100 Å². The number of hydrogen-bond acceptors (Lipinski definition) is 2. The van der Waals surface area contributed by atoms with Crippen LogP contribution in [0.15, 0.2) is 18.2 Å². The number of anilines is 1. The fourth-order valence-electron chi connectivity index (χ4n) is 0.857. The summed E-state index contributed by atoms with van der Waals surface area (Å²) in [6.45, 7) is 0. The minimum atomic E-state index is -0.351. The van der Waals surface area contributed by atoms with Gasteiger partial charge in [-0.05, 0) is 40.8 Å². The standard InChI is InChI=1S/C9H6ClIN2O/c10-7-5-6(11)1-2-8(7)13-9(14)3-4-12/h1-2,5H,3H2,(H,13,14). The molecule has 1 rings (SSSR count). The van der Waals surface area contributed by atoms with Crippen LogP contribution in [-0.2, 0) is 4.79 Å². The third-order valence-electron chi connectivity index (χ3n) is 1.44. The molecule has 0 fully saturated rings. The Morgan fingerprint density at radius 2 is 2.36 bits per heavy atom. The van der Waals surface area contributed by atoms with Gasteiger partial charge in [0.25, 0.3) is 0 Å². The van der Waals surface area contributed by atoms with Crippen molar-refractivity contribution in [1.29, 1.82) is 5.26 Å². The number of nitrogens with one attached hydrogen (secondary N) is 1. The van der Waals surface area contributed by atoms with Gasteiger partial charge in [-0.2, -0.15) is 5.26 Å². The van der Waals surface area contributed by atoms with E-state index in [0.717, 1.165) is 3.57 Å². The van der Waals surface area contributed by atoms with Crippen LogP contribution in [-0.4, -0.2) is 5.91 Å². The second-order valence-electron chi connectivity index (χ2n) is 2.51. The van der Waals surface area contributed by atoms with Gasteiger partial charge in [0.15, 0.2) is 0 Å². The molecule has 14 heavy (non-hydrogen) atoms. The van der Waals surface area contributed by atoms with E-state index >= 15 is 0 Å². The van der Waals surface area contributed by atoms with E-state index < -0.39 is 0 Å². The van der Waals surface area contributed by atoms with Crippen LogP contribution in [0.3, 0.4) is 0 Å². The predicted octanol–water partition coefficient (Wildman–Crippen LogP) is 2.80. The average molecular weight is 321 g/mol. The molecule has 0 unspecified atom stereocenters. The molecule has 0 radical (unpaired) electrons. The predicted molar refractivity (Wildman–Crippen MR) is 63.0 cm³/mol. The molecule has 1 aromatic carbocycles. The van der Waals surface area contributed by atoms with E-state index in [1.165, 1.54) is 0 Å². The first-order valence-corrected chi connectivity index (χ1v) is 5.21. The van der Waals surface area contributed by atoms with E-state index in [4.69, 9.17) is 16.9 Å². The van der Waals surface area contributed by atoms with Gasteiger partial charge in [0.2, 0.25) is 5.91 Å². The first-order valence-electron chi connectivity index (χ1n) is 3.75. The average Bonchev–Trinajstić information content (AvgIpc) is 2.10. The van der Waals surface area contributed by atoms with Gasteiger partial charge < -0.3 is 5.32 Å². The lowest BCUT2D eigenvalue weighted by Gasteiger charge is -2.04. The van der Waals surface area contributed by atoms with Gasteiger partial charge in [-0.15, -0.1) is 0 Å². The van der Waals surface area contributed by atoms with Gasteiger partial charge in [-0.25, -0.2) is 0 Å². The molecule has 0 aromatic heterocycles. The highest BCUT2D eigenvalue weighted by molar-refractivity contribution is 14.1. The maximum atomic E-state index is 11.1. The number of nitrogens with zero attached hydrogens (tertiary/aromatic N) is 1. The minimum absolute atomic E-state index is 0.164. The zero-order valence-corrected chi connectivity index (χ0v) is 9.96. The number of rotatable bonds is 2. The van der Waals surface area contributed by atoms with Gasteiger partial charge in [0, 0.05) is 3.57 Å². The molecule has 1 aromatic rings. The van der Waals surface area contributed by atoms with Crippen LogP contribution in [0.2, 0.25) is 5.02 Å². The summed E-state index contributed by atoms with van der Waals surface area (Å²) in [6, 6.07) is 7.04. The molecule has 1 N–H and O–H groups in total. The lowest BCUT2D eigenvalue weighted by atomic mass is 10.3. The van der Waals surface area contributed by atoms with Crippen molar-refractivity contribution in [3.05, 3.63) is 26.8 Å². The first-order chi connectivity index (χ1) is 6.63. The Hall–Kier alpha value is -0.800. The van der Waals surface area contributed by atoms with Crippen LogP contribution < -0.4 is 5.32 Å². The van der Waals surface area contributed by atoms with Crippen molar-refractivity contribution in [2.45, 2.75) is 6.42 Å². The number of nitriles is 1. The first kappa shape index (κ1) is 11.3. The summed E-state index contributed by atoms with van der Waals surface area (Å²) in [5.41, 5.74) is 0.535. The number of carbonyl (C=O) groups is 1. The summed E-state index contributed by atoms with van der Waals surface area (Å²) in [5, 5.41) is 11.3. The molecule has 0 spiro atoms. The Balaban J connectivity index is 2.78. The van der Waals surface area contributed by atoms with Crippen molar-refractivity contribution in [2.75, 3.05) is 5.32 Å². The molecule has 0 heterocycles. The Bertz CT molecular complexity index is 400. The lowest BCUT2D eigenvalue weighted by molar-refractivity contribution is -0.115. The highest BCUT2D eigenvalue weighted by Crippen LogP contribution is 2.23. The maximum Gasteiger partial charge on any atom is 0.238 e. The van der Waals surface area contributed by atoms with Gasteiger partial charge in [0.05, 0.1) is 16.8 Å². The number of benzene rings is 1. The van der Waals surface area contributed by atoms with E-state index in [9.17, 15) is 4.79 Å². The summed E-state index contributed by atoms with van der Waals surface area (Å²) in [5.74, 6) is -0.351. The van der Waals surface area contributed by atoms with Gasteiger partial charge in [-0.3, -0.25) is 4.79 Å². The highest BCUT2D eigenvalue weighted by atomic mass is 127. The molecule has 0 atom stereocenters. The van der Waals surface area contributed by atoms with E-state index in [1.807, 2.05) is 6.07 Å². The molecule has 0 saturated carbocycles. The van der Waals surface area contributed by atoms with E-state index in [0.29, 0.717) is 10.7 Å². The van der Waals surface area contributed by atoms with Gasteiger partial charge in [0.1, 0.15) is 6.42 Å². The Morgan fingerprint density at radius 3 is 2.93 bits per heavy atom. The molecule has 0 saturated heterocycles. The second-order valence-corrected chi connectivity index (χ2v) is 4.16. The molecular formula is C9H6ClIN2O. The van der Waals surface area contributed by atoms with Crippen LogP contribution in [0.5, 0.6) is 0 Å². The minimum Gasteiger partial charge on any atom is -0.324 e. The zero-order chi connectivity index (χ0) is 10.6. The molecule has 0 aliphatic carbocycles. The van der Waals surface area contributed by atoms with E-state index in [2.05, 4.69) is 27.9 Å². The third-order valence-corrected chi connectivity index (χ3v) is 2.43. The number of halogens is 2. The fourth-order valence-corrected chi connectivity index (χ4v) is 1.76. The topological polar surface area (TPSA) is 52.9 Å². The fraction of sp³-hybridized carbons (Fsp3) is 0.111. The van der Waals surface area contributed by atoms with Crippen molar-refractivity contribution in [2.24, 2.45) is 0 Å². The number of amides is 1. The summed E-state index contributed by atoms with van der Waals surface area (Å²) < 4.78 is 0.992. The molecule has 0 aliphatic rings. The molecule has 0 bridgehead atoms. The summed E-state index contributed by atoms with van der Waals surface area (Å²) >= 11 is 7.99. The van der Waals surface area contributed by atoms with Crippen molar-refractivity contribution < 1.29 is 4.79 Å². The maximum absolute atomic E-state index is 11.1. The molecule has 0 aliphatic heterocycles. The van der Waals surface area contributed by atoms with Crippen LogP contribution >= 0.6 is 34.2 Å². The van der Waals surface area contributed by atoms with Gasteiger partial charge >= 0.3 is 0 Å². The highest BCUT2D eigenvalue weighted by Gasteiger charge is 2.04. The van der Waals surface area contributed by atoms with E-state index in [-0.39, 0.29) is 12.3 Å². The van der Waals surface area contributed by atoms with Crippen molar-refractivity contribution in [3.8, 4) is 6.07 Å². The lowest BCUT2D eigenvalue weighted by Crippen LogP contribution is -2.10. The van der Waals surface area contributed by atoms with Gasteiger partial charge in [-0.1, -0.05) is 11.6 Å². The van der Waals surface area contributed by atoms with Crippen LogP contribution in [0, 0.1) is 14.9 Å². The van der Waals surface area contributed by atoms with Crippen molar-refractivity contribution >= 4 is 45.8 Å². The van der Waals surface area contributed by atoms with Crippen LogP contribution in [0.25, 0.3) is 0 Å². The number of carbonyl (C=O) groups excluding carboxylic acids is 1. The smallest absolute Gasteiger partial charge is 0.238 e. The van der Waals surface area contributed by atoms with Crippen LogP contribution in [0.1, 0.15) is 6.42 Å². The van der Waals surface area contributed by atoms with E-state index in [1.54, 1.807) is 18.2 Å². The normalized spacial score (nSPS) is 9.21. The third kappa shape index (κ3) is 3.16. The van der Waals surface area contributed by atoms with Crippen LogP contribution in [0.4, 0.5) is 5.69 Å². The van der Waals surface area contributed by atoms with Crippen molar-refractivity contribution in [1.82, 2.24) is 0 Å². The quantitative estimate of drug-likeness (QED) is 0.852. The van der Waals surface area contributed by atoms with Crippen molar-refractivity contribution in [3.63, 3.8) is 0 Å². The Morgan fingerprint density at radius 1 is 1.64 bits per heavy atom. The zero-order valence-electron chi connectivity index (χ0n) is 7.05. The molecule has 3 nitrogen and oxygen atoms in total. The SMILES string of the molecule is N#CCC(=O)Nc1ccc(I)cc1Cl.